The molecule has 84 valence electrons. The van der Waals surface area contributed by atoms with Gasteiger partial charge >= 0.3 is 0 Å². The van der Waals surface area contributed by atoms with E-state index in [9.17, 15) is 9.50 Å². The third kappa shape index (κ3) is 1.86. The average Bonchev–Trinajstić information content (AvgIpc) is 2.25. The van der Waals surface area contributed by atoms with E-state index < -0.39 is 5.82 Å². The Morgan fingerprint density at radius 3 is 2.69 bits per heavy atom. The maximum atomic E-state index is 13.6. The van der Waals surface area contributed by atoms with E-state index in [-0.39, 0.29) is 12.1 Å². The lowest BCUT2D eigenvalue weighted by molar-refractivity contribution is 0.144. The molecular formula is C12H13FN2O. The molecule has 1 fully saturated rings. The quantitative estimate of drug-likeness (QED) is 0.819. The lowest BCUT2D eigenvalue weighted by Crippen LogP contribution is -2.48. The molecule has 1 saturated carbocycles. The maximum absolute atomic E-state index is 13.6. The molecule has 4 heteroatoms. The summed E-state index contributed by atoms with van der Waals surface area (Å²) >= 11 is 0. The first-order chi connectivity index (χ1) is 7.69. The zero-order chi connectivity index (χ0) is 11.6. The summed E-state index contributed by atoms with van der Waals surface area (Å²) in [5.41, 5.74) is 0.289. The highest BCUT2D eigenvalue weighted by Gasteiger charge is 2.36. The van der Waals surface area contributed by atoms with E-state index in [0.717, 1.165) is 19.3 Å². The smallest absolute Gasteiger partial charge is 0.147 e. The Morgan fingerprint density at radius 1 is 1.50 bits per heavy atom. The number of anilines is 1. The summed E-state index contributed by atoms with van der Waals surface area (Å²) in [5, 5.41) is 20.9. The summed E-state index contributed by atoms with van der Waals surface area (Å²) in [5.74, 6) is -0.446. The minimum Gasteiger partial charge on any atom is -0.394 e. The van der Waals surface area contributed by atoms with Crippen molar-refractivity contribution in [2.24, 2.45) is 0 Å². The molecule has 0 unspecified atom stereocenters. The molecular weight excluding hydrogens is 207 g/mol. The van der Waals surface area contributed by atoms with Crippen LogP contribution in [0.2, 0.25) is 0 Å². The van der Waals surface area contributed by atoms with Gasteiger partial charge in [-0.25, -0.2) is 4.39 Å². The monoisotopic (exact) mass is 220 g/mol. The van der Waals surface area contributed by atoms with Crippen molar-refractivity contribution in [3.63, 3.8) is 0 Å². The second-order valence-electron chi connectivity index (χ2n) is 4.22. The van der Waals surface area contributed by atoms with Crippen LogP contribution in [0.4, 0.5) is 10.1 Å². The van der Waals surface area contributed by atoms with Gasteiger partial charge in [-0.1, -0.05) is 0 Å². The minimum atomic E-state index is -0.446. The van der Waals surface area contributed by atoms with Crippen molar-refractivity contribution in [1.29, 1.82) is 5.26 Å². The molecule has 0 aromatic heterocycles. The normalized spacial score (nSPS) is 17.3. The number of hydrogen-bond donors (Lipinski definition) is 2. The van der Waals surface area contributed by atoms with Crippen LogP contribution < -0.4 is 5.32 Å². The lowest BCUT2D eigenvalue weighted by Gasteiger charge is -2.41. The van der Waals surface area contributed by atoms with E-state index in [0.29, 0.717) is 11.3 Å². The third-order valence-corrected chi connectivity index (χ3v) is 3.11. The molecule has 0 bridgehead atoms. The molecule has 1 aliphatic rings. The standard InChI is InChI=1S/C12H13FN2O/c13-10-6-9(7-14)2-3-11(10)15-12(8-16)4-1-5-12/h2-3,6,15-16H,1,4-5,8H2. The molecule has 0 amide bonds. The van der Waals surface area contributed by atoms with Crippen molar-refractivity contribution in [2.75, 3.05) is 11.9 Å². The van der Waals surface area contributed by atoms with Gasteiger partial charge in [0.1, 0.15) is 5.82 Å². The van der Waals surface area contributed by atoms with Crippen molar-refractivity contribution < 1.29 is 9.50 Å². The molecule has 2 N–H and O–H groups in total. The fourth-order valence-corrected chi connectivity index (χ4v) is 1.90. The Morgan fingerprint density at radius 2 is 2.25 bits per heavy atom. The molecule has 0 heterocycles. The molecule has 0 atom stereocenters. The Balaban J connectivity index is 2.19. The fourth-order valence-electron chi connectivity index (χ4n) is 1.90. The summed E-state index contributed by atoms with van der Waals surface area (Å²) in [4.78, 5) is 0. The molecule has 1 aromatic rings. The topological polar surface area (TPSA) is 56.0 Å². The second-order valence-corrected chi connectivity index (χ2v) is 4.22. The summed E-state index contributed by atoms with van der Waals surface area (Å²) in [6.45, 7) is 0.00639. The van der Waals surface area contributed by atoms with E-state index in [2.05, 4.69) is 5.32 Å². The first-order valence-corrected chi connectivity index (χ1v) is 5.28. The van der Waals surface area contributed by atoms with Crippen LogP contribution in [0.15, 0.2) is 18.2 Å². The number of nitrogens with one attached hydrogen (secondary N) is 1. The predicted molar refractivity (Wildman–Crippen MR) is 58.4 cm³/mol. The van der Waals surface area contributed by atoms with Crippen molar-refractivity contribution in [3.05, 3.63) is 29.6 Å². The second kappa shape index (κ2) is 4.11. The highest BCUT2D eigenvalue weighted by Crippen LogP contribution is 2.35. The molecule has 0 radical (unpaired) electrons. The van der Waals surface area contributed by atoms with Gasteiger partial charge in [0.25, 0.3) is 0 Å². The van der Waals surface area contributed by atoms with Gasteiger partial charge in [0.2, 0.25) is 0 Å². The van der Waals surface area contributed by atoms with Crippen molar-refractivity contribution >= 4 is 5.69 Å². The van der Waals surface area contributed by atoms with Crippen LogP contribution in [0.3, 0.4) is 0 Å². The Hall–Kier alpha value is -1.60. The largest absolute Gasteiger partial charge is 0.394 e. The minimum absolute atomic E-state index is 0.00639. The highest BCUT2D eigenvalue weighted by atomic mass is 19.1. The number of hydrogen-bond acceptors (Lipinski definition) is 3. The van der Waals surface area contributed by atoms with Crippen molar-refractivity contribution in [3.8, 4) is 6.07 Å². The Bertz CT molecular complexity index is 430. The molecule has 0 saturated heterocycles. The van der Waals surface area contributed by atoms with Gasteiger partial charge in [0.05, 0.1) is 29.5 Å². The van der Waals surface area contributed by atoms with Crippen LogP contribution in [0, 0.1) is 17.1 Å². The molecule has 0 spiro atoms. The van der Waals surface area contributed by atoms with Gasteiger partial charge < -0.3 is 10.4 Å². The van der Waals surface area contributed by atoms with Crippen LogP contribution in [-0.4, -0.2) is 17.3 Å². The lowest BCUT2D eigenvalue weighted by atomic mass is 9.77. The first kappa shape index (κ1) is 10.9. The van der Waals surface area contributed by atoms with Crippen molar-refractivity contribution in [2.45, 2.75) is 24.8 Å². The Kier molecular flexibility index (Phi) is 2.80. The molecule has 1 aromatic carbocycles. The van der Waals surface area contributed by atoms with Crippen LogP contribution in [-0.2, 0) is 0 Å². The molecule has 0 aliphatic heterocycles. The number of aliphatic hydroxyl groups is 1. The van der Waals surface area contributed by atoms with E-state index in [1.54, 1.807) is 12.1 Å². The Labute approximate surface area is 93.5 Å². The molecule has 16 heavy (non-hydrogen) atoms. The number of nitrogens with zero attached hydrogens (tertiary/aromatic N) is 1. The zero-order valence-electron chi connectivity index (χ0n) is 8.83. The van der Waals surface area contributed by atoms with Crippen molar-refractivity contribution in [1.82, 2.24) is 0 Å². The maximum Gasteiger partial charge on any atom is 0.147 e. The van der Waals surface area contributed by atoms with Crippen LogP contribution in [0.25, 0.3) is 0 Å². The summed E-state index contributed by atoms with van der Waals surface area (Å²) in [6, 6.07) is 6.19. The zero-order valence-corrected chi connectivity index (χ0v) is 8.83. The van der Waals surface area contributed by atoms with Crippen LogP contribution in [0.1, 0.15) is 24.8 Å². The molecule has 2 rings (SSSR count). The summed E-state index contributed by atoms with van der Waals surface area (Å²) < 4.78 is 13.6. The average molecular weight is 220 g/mol. The SMILES string of the molecule is N#Cc1ccc(NC2(CO)CCC2)c(F)c1. The number of halogens is 1. The van der Waals surface area contributed by atoms with E-state index in [4.69, 9.17) is 5.26 Å². The van der Waals surface area contributed by atoms with Gasteiger partial charge in [0.15, 0.2) is 0 Å². The van der Waals surface area contributed by atoms with Crippen LogP contribution in [0.5, 0.6) is 0 Å². The van der Waals surface area contributed by atoms with Gasteiger partial charge in [-0.3, -0.25) is 0 Å². The predicted octanol–water partition coefficient (Wildman–Crippen LogP) is 2.02. The molecule has 3 nitrogen and oxygen atoms in total. The number of aliphatic hydroxyl groups excluding tert-OH is 1. The summed E-state index contributed by atoms with van der Waals surface area (Å²) in [6.07, 6.45) is 2.75. The number of benzene rings is 1. The third-order valence-electron chi connectivity index (χ3n) is 3.11. The van der Waals surface area contributed by atoms with E-state index in [1.165, 1.54) is 6.07 Å². The summed E-state index contributed by atoms with van der Waals surface area (Å²) in [7, 11) is 0. The van der Waals surface area contributed by atoms with Gasteiger partial charge in [0, 0.05) is 0 Å². The van der Waals surface area contributed by atoms with E-state index in [1.807, 2.05) is 6.07 Å². The molecule has 1 aliphatic carbocycles. The van der Waals surface area contributed by atoms with Crippen LogP contribution >= 0.6 is 0 Å². The van der Waals surface area contributed by atoms with E-state index >= 15 is 0 Å². The fraction of sp³-hybridized carbons (Fsp3) is 0.417. The van der Waals surface area contributed by atoms with Gasteiger partial charge in [-0.05, 0) is 37.5 Å². The highest BCUT2D eigenvalue weighted by molar-refractivity contribution is 5.51. The number of rotatable bonds is 3. The number of nitriles is 1. The van der Waals surface area contributed by atoms with Gasteiger partial charge in [-0.15, -0.1) is 0 Å². The first-order valence-electron chi connectivity index (χ1n) is 5.28. The van der Waals surface area contributed by atoms with Gasteiger partial charge in [-0.2, -0.15) is 5.26 Å².